The zero-order chi connectivity index (χ0) is 15.1. The fourth-order valence-electron chi connectivity index (χ4n) is 2.46. The highest BCUT2D eigenvalue weighted by molar-refractivity contribution is 6.53. The topological polar surface area (TPSA) is 26.3 Å². The van der Waals surface area contributed by atoms with E-state index in [2.05, 4.69) is 20.8 Å². The highest BCUT2D eigenvalue weighted by Crippen LogP contribution is 2.12. The predicted molar refractivity (Wildman–Crippen MR) is 90.7 cm³/mol. The molecule has 0 bridgehead atoms. The molecular weight excluding hydrogens is 264 g/mol. The highest BCUT2D eigenvalue weighted by atomic mass is 28.3. The van der Waals surface area contributed by atoms with E-state index in [1.165, 1.54) is 57.8 Å². The van der Waals surface area contributed by atoms with Gasteiger partial charge in [0, 0.05) is 6.42 Å². The Morgan fingerprint density at radius 3 is 1.65 bits per heavy atom. The Labute approximate surface area is 128 Å². The number of rotatable bonds is 14. The first-order valence-electron chi connectivity index (χ1n) is 8.94. The van der Waals surface area contributed by atoms with Crippen LogP contribution in [0.25, 0.3) is 0 Å². The van der Waals surface area contributed by atoms with Crippen LogP contribution in [0.5, 0.6) is 0 Å². The molecular formula is C17H36O2Si. The van der Waals surface area contributed by atoms with E-state index in [9.17, 15) is 4.79 Å². The summed E-state index contributed by atoms with van der Waals surface area (Å²) in [6, 6.07) is 2.14. The molecule has 0 rings (SSSR count). The van der Waals surface area contributed by atoms with Crippen molar-refractivity contribution in [3.63, 3.8) is 0 Å². The van der Waals surface area contributed by atoms with Gasteiger partial charge in [0.25, 0.3) is 5.97 Å². The molecule has 0 aromatic rings. The fraction of sp³-hybridized carbons (Fsp3) is 0.941. The summed E-state index contributed by atoms with van der Waals surface area (Å²) in [5, 5.41) is 0. The van der Waals surface area contributed by atoms with Crippen molar-refractivity contribution in [3.05, 3.63) is 0 Å². The molecule has 0 spiro atoms. The first kappa shape index (κ1) is 19.7. The lowest BCUT2D eigenvalue weighted by molar-refractivity contribution is -0.134. The molecule has 2 nitrogen and oxygen atoms in total. The van der Waals surface area contributed by atoms with Gasteiger partial charge >= 0.3 is 0 Å². The summed E-state index contributed by atoms with van der Waals surface area (Å²) >= 11 is 0. The summed E-state index contributed by atoms with van der Waals surface area (Å²) in [5.41, 5.74) is 0. The third-order valence-corrected chi connectivity index (χ3v) is 6.36. The maximum atomic E-state index is 11.6. The van der Waals surface area contributed by atoms with E-state index in [1.807, 2.05) is 0 Å². The largest absolute Gasteiger partial charge is 0.522 e. The third-order valence-electron chi connectivity index (χ3n) is 3.94. The minimum Gasteiger partial charge on any atom is -0.522 e. The molecule has 0 aromatic heterocycles. The quantitative estimate of drug-likeness (QED) is 0.308. The molecule has 3 heteroatoms. The van der Waals surface area contributed by atoms with Crippen molar-refractivity contribution in [1.82, 2.24) is 0 Å². The molecule has 0 N–H and O–H groups in total. The molecule has 0 atom stereocenters. The Morgan fingerprint density at radius 1 is 0.750 bits per heavy atom. The van der Waals surface area contributed by atoms with Gasteiger partial charge in [0.2, 0.25) is 9.04 Å². The molecule has 20 heavy (non-hydrogen) atoms. The van der Waals surface area contributed by atoms with E-state index in [0.717, 1.165) is 18.5 Å². The van der Waals surface area contributed by atoms with Crippen LogP contribution in [0.1, 0.15) is 91.4 Å². The van der Waals surface area contributed by atoms with Crippen molar-refractivity contribution in [3.8, 4) is 0 Å². The Morgan fingerprint density at radius 2 is 1.20 bits per heavy atom. The average Bonchev–Trinajstić information content (AvgIpc) is 2.46. The summed E-state index contributed by atoms with van der Waals surface area (Å²) < 4.78 is 5.53. The number of unbranched alkanes of at least 4 members (excludes halogenated alkanes) is 9. The van der Waals surface area contributed by atoms with Gasteiger partial charge in [0.1, 0.15) is 0 Å². The lowest BCUT2D eigenvalue weighted by Crippen LogP contribution is -2.20. The first-order chi connectivity index (χ1) is 9.74. The Kier molecular flexibility index (Phi) is 14.8. The number of carbonyl (C=O) groups excluding carboxylic acids is 1. The van der Waals surface area contributed by atoms with E-state index < -0.39 is 9.04 Å². The third kappa shape index (κ3) is 12.7. The lowest BCUT2D eigenvalue weighted by Gasteiger charge is -2.12. The van der Waals surface area contributed by atoms with Crippen LogP contribution in [-0.2, 0) is 9.22 Å². The maximum absolute atomic E-state index is 11.6. The number of carbonyl (C=O) groups is 1. The van der Waals surface area contributed by atoms with Gasteiger partial charge in [0.05, 0.1) is 0 Å². The summed E-state index contributed by atoms with van der Waals surface area (Å²) in [5.74, 6) is 0.0601. The maximum Gasteiger partial charge on any atom is 0.292 e. The van der Waals surface area contributed by atoms with Gasteiger partial charge in [-0.25, -0.2) is 0 Å². The molecule has 0 radical (unpaired) electrons. The Hall–Kier alpha value is -0.313. The Balaban J connectivity index is 3.25. The lowest BCUT2D eigenvalue weighted by atomic mass is 10.1. The smallest absolute Gasteiger partial charge is 0.292 e. The first-order valence-corrected chi connectivity index (χ1v) is 11.0. The van der Waals surface area contributed by atoms with Crippen LogP contribution in [0, 0.1) is 0 Å². The molecule has 0 fully saturated rings. The molecule has 0 saturated heterocycles. The van der Waals surface area contributed by atoms with E-state index in [1.54, 1.807) is 0 Å². The standard InChI is InChI=1S/C17H36O2Si/c1-4-7-8-9-10-11-12-13-14-15-16-17(18)19-20(5-2)6-3/h20H,4-16H2,1-3H3. The van der Waals surface area contributed by atoms with Crippen molar-refractivity contribution in [1.29, 1.82) is 0 Å². The zero-order valence-electron chi connectivity index (χ0n) is 14.1. The molecule has 0 aliphatic heterocycles. The summed E-state index contributed by atoms with van der Waals surface area (Å²) in [4.78, 5) is 11.6. The number of hydrogen-bond acceptors (Lipinski definition) is 2. The average molecular weight is 301 g/mol. The van der Waals surface area contributed by atoms with Crippen LogP contribution in [0.15, 0.2) is 0 Å². The van der Waals surface area contributed by atoms with E-state index in [-0.39, 0.29) is 5.97 Å². The van der Waals surface area contributed by atoms with E-state index >= 15 is 0 Å². The SMILES string of the molecule is CCCCCCCCCCCCC(=O)O[SiH](CC)CC. The van der Waals surface area contributed by atoms with Crippen molar-refractivity contribution in [2.24, 2.45) is 0 Å². The van der Waals surface area contributed by atoms with Gasteiger partial charge in [-0.2, -0.15) is 0 Å². The minimum absolute atomic E-state index is 0.0601. The van der Waals surface area contributed by atoms with E-state index in [0.29, 0.717) is 6.42 Å². The van der Waals surface area contributed by atoms with Crippen molar-refractivity contribution in [2.45, 2.75) is 103 Å². The van der Waals surface area contributed by atoms with Gasteiger partial charge < -0.3 is 4.43 Å². The van der Waals surface area contributed by atoms with E-state index in [4.69, 9.17) is 4.43 Å². The van der Waals surface area contributed by atoms with Crippen LogP contribution in [0.2, 0.25) is 12.1 Å². The molecule has 0 aliphatic rings. The second-order valence-electron chi connectivity index (χ2n) is 5.86. The minimum atomic E-state index is -1.18. The number of hydrogen-bond donors (Lipinski definition) is 0. The molecule has 0 aromatic carbocycles. The van der Waals surface area contributed by atoms with Crippen molar-refractivity contribution < 1.29 is 9.22 Å². The summed E-state index contributed by atoms with van der Waals surface area (Å²) in [6.07, 6.45) is 13.8. The van der Waals surface area contributed by atoms with Gasteiger partial charge in [0.15, 0.2) is 0 Å². The second-order valence-corrected chi connectivity index (χ2v) is 8.97. The molecule has 0 unspecified atom stereocenters. The molecule has 0 heterocycles. The van der Waals surface area contributed by atoms with Crippen molar-refractivity contribution >= 4 is 15.0 Å². The van der Waals surface area contributed by atoms with Crippen LogP contribution in [0.3, 0.4) is 0 Å². The summed E-state index contributed by atoms with van der Waals surface area (Å²) in [7, 11) is -1.18. The Bertz CT molecular complexity index is 215. The normalized spacial score (nSPS) is 11.0. The summed E-state index contributed by atoms with van der Waals surface area (Å²) in [6.45, 7) is 6.53. The van der Waals surface area contributed by atoms with Crippen LogP contribution < -0.4 is 0 Å². The second kappa shape index (κ2) is 15.1. The monoisotopic (exact) mass is 300 g/mol. The molecule has 0 saturated carbocycles. The van der Waals surface area contributed by atoms with Crippen LogP contribution in [0.4, 0.5) is 0 Å². The predicted octanol–water partition coefficient (Wildman–Crippen LogP) is 5.60. The molecule has 0 aliphatic carbocycles. The van der Waals surface area contributed by atoms with Gasteiger partial charge in [-0.3, -0.25) is 4.79 Å². The van der Waals surface area contributed by atoms with Crippen LogP contribution >= 0.6 is 0 Å². The van der Waals surface area contributed by atoms with Crippen LogP contribution in [-0.4, -0.2) is 15.0 Å². The van der Waals surface area contributed by atoms with Gasteiger partial charge in [-0.05, 0) is 18.5 Å². The van der Waals surface area contributed by atoms with Gasteiger partial charge in [-0.15, -0.1) is 0 Å². The molecule has 0 amide bonds. The zero-order valence-corrected chi connectivity index (χ0v) is 15.2. The van der Waals surface area contributed by atoms with Crippen molar-refractivity contribution in [2.75, 3.05) is 0 Å². The fourth-order valence-corrected chi connectivity index (χ4v) is 3.86. The molecule has 120 valence electrons. The van der Waals surface area contributed by atoms with Gasteiger partial charge in [-0.1, -0.05) is 78.6 Å². The highest BCUT2D eigenvalue weighted by Gasteiger charge is 2.11.